The van der Waals surface area contributed by atoms with Gasteiger partial charge in [0.05, 0.1) is 0 Å². The number of rotatable bonds is 4. The molecule has 2 atom stereocenters. The highest BCUT2D eigenvalue weighted by Gasteiger charge is 2.36. The molecular formula is C48H35N3O2. The fraction of sp³-hybridized carbons (Fsp3) is 0.104. The smallest absolute Gasteiger partial charge is 0.142 e. The van der Waals surface area contributed by atoms with Crippen LogP contribution < -0.4 is 10.6 Å². The number of aliphatic imine (C=N–C) groups is 1. The molecule has 2 N–H and O–H groups in total. The summed E-state index contributed by atoms with van der Waals surface area (Å²) >= 11 is 0. The molecule has 1 aliphatic carbocycles. The summed E-state index contributed by atoms with van der Waals surface area (Å²) in [5, 5.41) is 12.1. The minimum Gasteiger partial charge on any atom is -0.456 e. The van der Waals surface area contributed by atoms with Crippen LogP contribution in [0.25, 0.3) is 66.1 Å². The number of benzene rings is 7. The largest absolute Gasteiger partial charge is 0.456 e. The number of para-hydroxylation sites is 2. The van der Waals surface area contributed by atoms with E-state index >= 15 is 0 Å². The molecule has 11 rings (SSSR count). The first-order valence-corrected chi connectivity index (χ1v) is 18.3. The maximum absolute atomic E-state index is 6.56. The molecule has 0 bridgehead atoms. The van der Waals surface area contributed by atoms with Crippen molar-refractivity contribution >= 4 is 49.7 Å². The molecule has 5 heteroatoms. The number of fused-ring (bicyclic) bond motifs is 9. The maximum Gasteiger partial charge on any atom is 0.142 e. The summed E-state index contributed by atoms with van der Waals surface area (Å²) < 4.78 is 13.0. The van der Waals surface area contributed by atoms with Crippen molar-refractivity contribution in [2.45, 2.75) is 31.6 Å². The van der Waals surface area contributed by atoms with E-state index in [9.17, 15) is 0 Å². The van der Waals surface area contributed by atoms with Gasteiger partial charge >= 0.3 is 0 Å². The monoisotopic (exact) mass is 685 g/mol. The van der Waals surface area contributed by atoms with Gasteiger partial charge in [-0.05, 0) is 69.3 Å². The minimum absolute atomic E-state index is 0.127. The van der Waals surface area contributed by atoms with Crippen LogP contribution in [0.2, 0.25) is 0 Å². The Labute approximate surface area is 306 Å². The lowest BCUT2D eigenvalue weighted by atomic mass is 9.82. The van der Waals surface area contributed by atoms with Crippen molar-refractivity contribution in [3.8, 4) is 22.3 Å². The van der Waals surface area contributed by atoms with Crippen LogP contribution in [0.15, 0.2) is 165 Å². The van der Waals surface area contributed by atoms with Gasteiger partial charge in [0, 0.05) is 38.1 Å². The third kappa shape index (κ3) is 4.57. The molecule has 254 valence electrons. The summed E-state index contributed by atoms with van der Waals surface area (Å²) in [5.41, 5.74) is 14.1. The zero-order chi connectivity index (χ0) is 35.3. The molecule has 2 aliphatic rings. The second kappa shape index (κ2) is 11.3. The molecule has 0 saturated heterocycles. The molecule has 7 aromatic carbocycles. The third-order valence-electron chi connectivity index (χ3n) is 11.4. The number of nitrogens with one attached hydrogen (secondary N) is 2. The Balaban J connectivity index is 1.08. The number of amidine groups is 1. The summed E-state index contributed by atoms with van der Waals surface area (Å²) in [5.74, 6) is 0.837. The Morgan fingerprint density at radius 2 is 1.28 bits per heavy atom. The van der Waals surface area contributed by atoms with E-state index in [1.807, 2.05) is 12.1 Å². The Bertz CT molecular complexity index is 2950. The highest BCUT2D eigenvalue weighted by molar-refractivity contribution is 6.12. The minimum atomic E-state index is -0.354. The number of furan rings is 2. The van der Waals surface area contributed by atoms with E-state index in [2.05, 4.69) is 164 Å². The quantitative estimate of drug-likeness (QED) is 0.194. The van der Waals surface area contributed by atoms with Gasteiger partial charge in [-0.3, -0.25) is 5.32 Å². The number of hydrogen-bond acceptors (Lipinski definition) is 5. The highest BCUT2D eigenvalue weighted by atomic mass is 16.3. The van der Waals surface area contributed by atoms with E-state index in [0.29, 0.717) is 0 Å². The first kappa shape index (κ1) is 30.2. The normalized spacial score (nSPS) is 17.6. The van der Waals surface area contributed by atoms with Crippen LogP contribution in [-0.4, -0.2) is 5.84 Å². The lowest BCUT2D eigenvalue weighted by Crippen LogP contribution is -2.45. The Morgan fingerprint density at radius 3 is 2.21 bits per heavy atom. The van der Waals surface area contributed by atoms with Crippen LogP contribution in [0.4, 0.5) is 0 Å². The zero-order valence-electron chi connectivity index (χ0n) is 29.4. The van der Waals surface area contributed by atoms with Crippen LogP contribution in [0.5, 0.6) is 0 Å². The lowest BCUT2D eigenvalue weighted by molar-refractivity contribution is 0.408. The van der Waals surface area contributed by atoms with Crippen molar-refractivity contribution in [1.29, 1.82) is 0 Å². The van der Waals surface area contributed by atoms with Crippen molar-refractivity contribution in [3.63, 3.8) is 0 Å². The van der Waals surface area contributed by atoms with Crippen molar-refractivity contribution in [2.24, 2.45) is 4.99 Å². The summed E-state index contributed by atoms with van der Waals surface area (Å²) in [6.07, 6.45) is -0.639. The molecule has 0 spiro atoms. The van der Waals surface area contributed by atoms with Crippen molar-refractivity contribution in [2.75, 3.05) is 0 Å². The fourth-order valence-corrected chi connectivity index (χ4v) is 8.76. The van der Waals surface area contributed by atoms with Gasteiger partial charge in [-0.1, -0.05) is 135 Å². The zero-order valence-corrected chi connectivity index (χ0v) is 29.4. The molecular weight excluding hydrogens is 651 g/mol. The van der Waals surface area contributed by atoms with Crippen LogP contribution in [0.1, 0.15) is 54.0 Å². The molecule has 5 nitrogen and oxygen atoms in total. The SMILES string of the molecule is CC1(C)c2ccccc2-c2ccc(C3=NC(c4ccc5oc6cccc(-c7ccccc7)c6c5c4)NC(c4cccc5c4oc4ccccc45)N3)cc21. The average Bonchev–Trinajstić information content (AvgIpc) is 3.85. The van der Waals surface area contributed by atoms with Crippen LogP contribution >= 0.6 is 0 Å². The van der Waals surface area contributed by atoms with Gasteiger partial charge in [0.1, 0.15) is 40.5 Å². The predicted molar refractivity (Wildman–Crippen MR) is 215 cm³/mol. The summed E-state index contributed by atoms with van der Waals surface area (Å²) in [7, 11) is 0. The summed E-state index contributed by atoms with van der Waals surface area (Å²) in [4.78, 5) is 5.43. The van der Waals surface area contributed by atoms with E-state index in [1.165, 1.54) is 22.3 Å². The van der Waals surface area contributed by atoms with Gasteiger partial charge in [-0.2, -0.15) is 0 Å². The van der Waals surface area contributed by atoms with Crippen LogP contribution in [-0.2, 0) is 5.41 Å². The summed E-state index contributed by atoms with van der Waals surface area (Å²) in [6.45, 7) is 4.64. The van der Waals surface area contributed by atoms with Gasteiger partial charge in [-0.25, -0.2) is 4.99 Å². The molecule has 0 radical (unpaired) electrons. The van der Waals surface area contributed by atoms with E-state index in [-0.39, 0.29) is 17.7 Å². The molecule has 3 heterocycles. The Kier molecular flexibility index (Phi) is 6.43. The van der Waals surface area contributed by atoms with Crippen LogP contribution in [0.3, 0.4) is 0 Å². The topological polar surface area (TPSA) is 62.7 Å². The molecule has 53 heavy (non-hydrogen) atoms. The first-order chi connectivity index (χ1) is 26.0. The van der Waals surface area contributed by atoms with E-state index in [0.717, 1.165) is 77.5 Å². The first-order valence-electron chi connectivity index (χ1n) is 18.3. The van der Waals surface area contributed by atoms with Gasteiger partial charge in [0.2, 0.25) is 0 Å². The highest BCUT2D eigenvalue weighted by Crippen LogP contribution is 2.49. The molecule has 9 aromatic rings. The molecule has 1 aliphatic heterocycles. The van der Waals surface area contributed by atoms with E-state index in [1.54, 1.807) is 0 Å². The lowest BCUT2D eigenvalue weighted by Gasteiger charge is -2.32. The standard InChI is InChI=1S/C48H35N3O2/c1-48(2)38-19-8-6-14-32(38)33-24-22-30(27-39(33)48)46-49-45(50-47(51-46)36-18-10-17-35-34-15-7-9-20-40(34)53-44(35)36)29-23-25-41-37(26-29)43-31(16-11-21-42(43)52-41)28-12-4-3-5-13-28/h3-27,45,47,50H,1-2H3,(H,49,51). The second-order valence-corrected chi connectivity index (χ2v) is 14.8. The van der Waals surface area contributed by atoms with Crippen molar-refractivity contribution in [1.82, 2.24) is 10.6 Å². The predicted octanol–water partition coefficient (Wildman–Crippen LogP) is 11.8. The second-order valence-electron chi connectivity index (χ2n) is 14.8. The Hall–Kier alpha value is -6.43. The Morgan fingerprint density at radius 1 is 0.547 bits per heavy atom. The van der Waals surface area contributed by atoms with Gasteiger partial charge in [-0.15, -0.1) is 0 Å². The van der Waals surface area contributed by atoms with Gasteiger partial charge < -0.3 is 14.2 Å². The molecule has 0 fully saturated rings. The maximum atomic E-state index is 6.56. The summed E-state index contributed by atoms with van der Waals surface area (Å²) in [6, 6.07) is 53.5. The molecule has 2 unspecified atom stereocenters. The van der Waals surface area contributed by atoms with Gasteiger partial charge in [0.15, 0.2) is 0 Å². The van der Waals surface area contributed by atoms with Crippen molar-refractivity contribution < 1.29 is 8.83 Å². The van der Waals surface area contributed by atoms with E-state index in [4.69, 9.17) is 13.8 Å². The molecule has 2 aromatic heterocycles. The molecule has 0 saturated carbocycles. The average molecular weight is 686 g/mol. The third-order valence-corrected chi connectivity index (χ3v) is 11.4. The van der Waals surface area contributed by atoms with Crippen LogP contribution in [0, 0.1) is 0 Å². The fourth-order valence-electron chi connectivity index (χ4n) is 8.76. The molecule has 0 amide bonds. The number of nitrogens with zero attached hydrogens (tertiary/aromatic N) is 1. The van der Waals surface area contributed by atoms with Gasteiger partial charge in [0.25, 0.3) is 0 Å². The van der Waals surface area contributed by atoms with E-state index < -0.39 is 0 Å². The van der Waals surface area contributed by atoms with Crippen molar-refractivity contribution in [3.05, 3.63) is 179 Å². The number of hydrogen-bond donors (Lipinski definition) is 2.